The van der Waals surface area contributed by atoms with Gasteiger partial charge in [-0.1, -0.05) is 23.7 Å². The van der Waals surface area contributed by atoms with E-state index in [1.165, 1.54) is 38.4 Å². The van der Waals surface area contributed by atoms with Gasteiger partial charge in [-0.15, -0.1) is 0 Å². The van der Waals surface area contributed by atoms with E-state index in [9.17, 15) is 32.3 Å². The fraction of sp³-hybridized carbons (Fsp3) is 0.345. The lowest BCUT2D eigenvalue weighted by atomic mass is 10.1. The molecule has 0 radical (unpaired) electrons. The van der Waals surface area contributed by atoms with Crippen LogP contribution in [0.25, 0.3) is 0 Å². The van der Waals surface area contributed by atoms with Gasteiger partial charge in [-0.3, -0.25) is 14.4 Å². The SMILES string of the molecule is COC(=O)[C@H](CNC(=O)C(=O)N(C)C)NC(=O)c1ccc(Nc2nc(NC3(c4ccc(Cl)cc4)CC3)nc(OCC(F)(F)F)n2)cc1. The maximum Gasteiger partial charge on any atom is 0.422 e. The van der Waals surface area contributed by atoms with Crippen LogP contribution in [0.15, 0.2) is 48.5 Å². The van der Waals surface area contributed by atoms with Crippen LogP contribution in [0.3, 0.4) is 0 Å². The molecule has 0 aliphatic heterocycles. The fourth-order valence-corrected chi connectivity index (χ4v) is 4.28. The van der Waals surface area contributed by atoms with E-state index in [0.29, 0.717) is 23.6 Å². The molecule has 0 bridgehead atoms. The average molecular weight is 679 g/mol. The Bertz CT molecular complexity index is 1620. The number of nitrogens with one attached hydrogen (secondary N) is 4. The van der Waals surface area contributed by atoms with Crippen molar-refractivity contribution in [2.45, 2.75) is 30.6 Å². The highest BCUT2D eigenvalue weighted by Crippen LogP contribution is 2.48. The average Bonchev–Trinajstić information content (AvgIpc) is 3.81. The minimum atomic E-state index is -4.63. The zero-order chi connectivity index (χ0) is 34.4. The number of ether oxygens (including phenoxy) is 2. The molecule has 1 aliphatic carbocycles. The molecule has 1 heterocycles. The normalized spacial score (nSPS) is 13.9. The number of likely N-dealkylation sites (N-methyl/N-ethyl adjacent to an activating group) is 1. The Labute approximate surface area is 271 Å². The first-order valence-electron chi connectivity index (χ1n) is 13.9. The van der Waals surface area contributed by atoms with E-state index < -0.39 is 60.6 Å². The number of esters is 1. The topological polar surface area (TPSA) is 177 Å². The van der Waals surface area contributed by atoms with Gasteiger partial charge in [-0.25, -0.2) is 4.79 Å². The monoisotopic (exact) mass is 678 g/mol. The third-order valence-corrected chi connectivity index (χ3v) is 6.99. The molecule has 0 saturated heterocycles. The summed E-state index contributed by atoms with van der Waals surface area (Å²) >= 11 is 6.01. The zero-order valence-electron chi connectivity index (χ0n) is 25.3. The lowest BCUT2D eigenvalue weighted by Crippen LogP contribution is -2.51. The first-order chi connectivity index (χ1) is 22.2. The van der Waals surface area contributed by atoms with Crippen molar-refractivity contribution in [2.24, 2.45) is 0 Å². The van der Waals surface area contributed by atoms with Crippen molar-refractivity contribution in [3.8, 4) is 6.01 Å². The second kappa shape index (κ2) is 14.5. The molecule has 1 saturated carbocycles. The van der Waals surface area contributed by atoms with Crippen LogP contribution in [0.5, 0.6) is 6.01 Å². The number of hydrogen-bond acceptors (Lipinski definition) is 11. The molecule has 1 atom stereocenters. The highest BCUT2D eigenvalue weighted by molar-refractivity contribution is 6.34. The van der Waals surface area contributed by atoms with E-state index in [0.717, 1.165) is 17.6 Å². The molecular formula is C29H30ClF3N8O6. The molecular weight excluding hydrogens is 649 g/mol. The van der Waals surface area contributed by atoms with E-state index in [-0.39, 0.29) is 17.5 Å². The van der Waals surface area contributed by atoms with Crippen molar-refractivity contribution >= 4 is 52.9 Å². The molecule has 1 aliphatic rings. The van der Waals surface area contributed by atoms with E-state index in [1.54, 1.807) is 12.1 Å². The van der Waals surface area contributed by atoms with Crippen LogP contribution in [-0.4, -0.2) is 90.1 Å². The van der Waals surface area contributed by atoms with Gasteiger partial charge in [0.2, 0.25) is 11.9 Å². The van der Waals surface area contributed by atoms with Gasteiger partial charge in [-0.2, -0.15) is 28.1 Å². The lowest BCUT2D eigenvalue weighted by molar-refractivity contribution is -0.154. The third-order valence-electron chi connectivity index (χ3n) is 6.74. The number of benzene rings is 2. The van der Waals surface area contributed by atoms with Gasteiger partial charge >= 0.3 is 30.0 Å². The number of amides is 3. The summed E-state index contributed by atoms with van der Waals surface area (Å²) in [6.07, 6.45) is -3.21. The number of rotatable bonds is 12. The Hall–Kier alpha value is -5.19. The molecule has 3 aromatic rings. The summed E-state index contributed by atoms with van der Waals surface area (Å²) in [5, 5.41) is 11.3. The van der Waals surface area contributed by atoms with Crippen LogP contribution in [0, 0.1) is 0 Å². The van der Waals surface area contributed by atoms with Gasteiger partial charge in [0.1, 0.15) is 6.04 Å². The Morgan fingerprint density at radius 3 is 2.19 bits per heavy atom. The number of alkyl halides is 3. The summed E-state index contributed by atoms with van der Waals surface area (Å²) < 4.78 is 48.1. The van der Waals surface area contributed by atoms with E-state index >= 15 is 0 Å². The Morgan fingerprint density at radius 2 is 1.62 bits per heavy atom. The standard InChI is InChI=1S/C29H30ClF3N8O6/c1-41(2)23(44)22(43)34-14-20(24(45)46-3)36-21(42)16-4-10-19(11-5-16)35-25-37-26(39-27(38-25)47-15-29(31,32)33)40-28(12-13-28)17-6-8-18(30)9-7-17/h4-11,20H,12-15H2,1-3H3,(H,34,43)(H,36,42)(H2,35,37,38,39,40)/t20-/m0/s1. The van der Waals surface area contributed by atoms with Crippen molar-refractivity contribution < 1.29 is 41.8 Å². The van der Waals surface area contributed by atoms with Crippen LogP contribution in [-0.2, 0) is 24.7 Å². The number of carbonyl (C=O) groups is 4. The Kier molecular flexibility index (Phi) is 10.7. The summed E-state index contributed by atoms with van der Waals surface area (Å²) in [7, 11) is 3.85. The molecule has 250 valence electrons. The molecule has 1 fully saturated rings. The molecule has 18 heteroatoms. The minimum Gasteiger partial charge on any atom is -0.467 e. The van der Waals surface area contributed by atoms with E-state index in [1.807, 2.05) is 12.1 Å². The second-order valence-electron chi connectivity index (χ2n) is 10.5. The molecule has 3 amide bonds. The molecule has 14 nitrogen and oxygen atoms in total. The number of carbonyl (C=O) groups excluding carboxylic acids is 4. The minimum absolute atomic E-state index is 0.0312. The summed E-state index contributed by atoms with van der Waals surface area (Å²) in [4.78, 5) is 62.1. The predicted molar refractivity (Wildman–Crippen MR) is 162 cm³/mol. The van der Waals surface area contributed by atoms with Gasteiger partial charge in [0.05, 0.1) is 12.6 Å². The number of hydrogen-bond donors (Lipinski definition) is 4. The molecule has 0 spiro atoms. The zero-order valence-corrected chi connectivity index (χ0v) is 26.0. The van der Waals surface area contributed by atoms with Gasteiger partial charge in [0.15, 0.2) is 6.61 Å². The van der Waals surface area contributed by atoms with Crippen molar-refractivity contribution in [1.29, 1.82) is 0 Å². The molecule has 47 heavy (non-hydrogen) atoms. The smallest absolute Gasteiger partial charge is 0.422 e. The molecule has 4 N–H and O–H groups in total. The lowest BCUT2D eigenvalue weighted by Gasteiger charge is -2.19. The Morgan fingerprint density at radius 1 is 0.979 bits per heavy atom. The third kappa shape index (κ3) is 9.65. The predicted octanol–water partition coefficient (Wildman–Crippen LogP) is 2.79. The summed E-state index contributed by atoms with van der Waals surface area (Å²) in [5.41, 5.74) is 0.790. The van der Waals surface area contributed by atoms with Crippen molar-refractivity contribution in [2.75, 3.05) is 45.0 Å². The molecule has 1 aromatic heterocycles. The number of halogens is 4. The summed E-state index contributed by atoms with van der Waals surface area (Å²) in [6, 6.07) is 10.9. The van der Waals surface area contributed by atoms with Crippen LogP contribution >= 0.6 is 11.6 Å². The second-order valence-corrected chi connectivity index (χ2v) is 11.0. The number of methoxy groups -OCH3 is 1. The highest BCUT2D eigenvalue weighted by atomic mass is 35.5. The largest absolute Gasteiger partial charge is 0.467 e. The maximum absolute atomic E-state index is 12.9. The highest BCUT2D eigenvalue weighted by Gasteiger charge is 2.45. The van der Waals surface area contributed by atoms with Gasteiger partial charge < -0.3 is 35.6 Å². The van der Waals surface area contributed by atoms with E-state index in [2.05, 4.69) is 41.0 Å². The molecule has 2 aromatic carbocycles. The number of anilines is 3. The van der Waals surface area contributed by atoms with Crippen molar-refractivity contribution in [3.05, 3.63) is 64.7 Å². The van der Waals surface area contributed by atoms with Gasteiger partial charge in [0, 0.05) is 36.9 Å². The quantitative estimate of drug-likeness (QED) is 0.164. The molecule has 4 rings (SSSR count). The Balaban J connectivity index is 1.47. The fourth-order valence-electron chi connectivity index (χ4n) is 4.16. The number of nitrogens with zero attached hydrogens (tertiary/aromatic N) is 4. The maximum atomic E-state index is 12.9. The van der Waals surface area contributed by atoms with Crippen LogP contribution in [0.2, 0.25) is 5.02 Å². The van der Waals surface area contributed by atoms with Crippen molar-refractivity contribution in [1.82, 2.24) is 30.5 Å². The number of aromatic nitrogens is 3. The van der Waals surface area contributed by atoms with Crippen molar-refractivity contribution in [3.63, 3.8) is 0 Å². The van der Waals surface area contributed by atoms with E-state index in [4.69, 9.17) is 16.3 Å². The first kappa shape index (κ1) is 34.7. The van der Waals surface area contributed by atoms with Gasteiger partial charge in [-0.05, 0) is 54.8 Å². The summed E-state index contributed by atoms with van der Waals surface area (Å²) in [6.45, 7) is -2.03. The van der Waals surface area contributed by atoms with Crippen LogP contribution < -0.4 is 26.0 Å². The first-order valence-corrected chi connectivity index (χ1v) is 14.3. The summed E-state index contributed by atoms with van der Waals surface area (Å²) in [5.74, 6) is -3.56. The van der Waals surface area contributed by atoms with Crippen LogP contribution in [0.4, 0.5) is 30.8 Å². The molecule has 0 unspecified atom stereocenters. The van der Waals surface area contributed by atoms with Gasteiger partial charge in [0.25, 0.3) is 5.91 Å². The van der Waals surface area contributed by atoms with Crippen LogP contribution in [0.1, 0.15) is 28.8 Å².